The minimum absolute atomic E-state index is 0.0252. The third kappa shape index (κ3) is 5.52. The zero-order valence-corrected chi connectivity index (χ0v) is 20.4. The van der Waals surface area contributed by atoms with Crippen molar-refractivity contribution in [2.45, 2.75) is 71.3 Å². The normalized spacial score (nSPS) is 14.4. The maximum atomic E-state index is 12.5. The molecule has 2 heterocycles. The molecule has 1 aliphatic carbocycles. The zero-order chi connectivity index (χ0) is 24.1. The maximum absolute atomic E-state index is 12.5. The van der Waals surface area contributed by atoms with Gasteiger partial charge in [0.05, 0.1) is 11.3 Å². The molecule has 9 heteroatoms. The highest BCUT2D eigenvalue weighted by Crippen LogP contribution is 2.34. The van der Waals surface area contributed by atoms with Crippen LogP contribution in [0.1, 0.15) is 85.8 Å². The Morgan fingerprint density at radius 1 is 1.15 bits per heavy atom. The number of aromatic nitrogens is 3. The molecule has 0 radical (unpaired) electrons. The van der Waals surface area contributed by atoms with Gasteiger partial charge in [-0.3, -0.25) is 9.59 Å². The molecular weight excluding hydrogens is 452 g/mol. The van der Waals surface area contributed by atoms with Crippen molar-refractivity contribution in [3.8, 4) is 0 Å². The predicted octanol–water partition coefficient (Wildman–Crippen LogP) is 4.93. The second kappa shape index (κ2) is 10.9. The maximum Gasteiger partial charge on any atom is 0.338 e. The van der Waals surface area contributed by atoms with Crippen LogP contribution in [0.25, 0.3) is 4.96 Å². The van der Waals surface area contributed by atoms with E-state index in [0.717, 1.165) is 30.7 Å². The smallest absolute Gasteiger partial charge is 0.338 e. The lowest BCUT2D eigenvalue weighted by Crippen LogP contribution is -2.21. The molecule has 0 unspecified atom stereocenters. The first-order chi connectivity index (χ1) is 16.5. The van der Waals surface area contributed by atoms with Crippen molar-refractivity contribution >= 4 is 33.9 Å². The van der Waals surface area contributed by atoms with Gasteiger partial charge in [-0.25, -0.2) is 9.78 Å². The molecule has 1 saturated carbocycles. The molecule has 34 heavy (non-hydrogen) atoms. The van der Waals surface area contributed by atoms with Crippen LogP contribution >= 0.6 is 11.3 Å². The van der Waals surface area contributed by atoms with Gasteiger partial charge >= 0.3 is 5.97 Å². The summed E-state index contributed by atoms with van der Waals surface area (Å²) in [5.41, 5.74) is 1.11. The highest BCUT2D eigenvalue weighted by molar-refractivity contribution is 7.16. The summed E-state index contributed by atoms with van der Waals surface area (Å²) < 4.78 is 6.72. The second-order valence-corrected chi connectivity index (χ2v) is 9.70. The van der Waals surface area contributed by atoms with E-state index in [-0.39, 0.29) is 24.0 Å². The van der Waals surface area contributed by atoms with Gasteiger partial charge in [0.2, 0.25) is 10.9 Å². The number of hydrogen-bond donors (Lipinski definition) is 1. The van der Waals surface area contributed by atoms with Gasteiger partial charge in [-0.1, -0.05) is 44.4 Å². The lowest BCUT2D eigenvalue weighted by Gasteiger charge is -2.18. The van der Waals surface area contributed by atoms with Crippen LogP contribution in [0.5, 0.6) is 0 Å². The molecule has 0 bridgehead atoms. The Morgan fingerprint density at radius 3 is 2.53 bits per heavy atom. The average Bonchev–Trinajstić information content (AvgIpc) is 3.29. The van der Waals surface area contributed by atoms with Crippen molar-refractivity contribution in [3.63, 3.8) is 0 Å². The molecular formula is C25H30N4O4S. The van der Waals surface area contributed by atoms with Gasteiger partial charge in [0.15, 0.2) is 0 Å². The van der Waals surface area contributed by atoms with Crippen molar-refractivity contribution in [3.05, 3.63) is 57.0 Å². The van der Waals surface area contributed by atoms with Gasteiger partial charge in [-0.05, 0) is 49.9 Å². The molecule has 0 saturated heterocycles. The number of carbonyl (C=O) groups is 2. The number of carbonyl (C=O) groups excluding carboxylic acids is 2. The van der Waals surface area contributed by atoms with Crippen LogP contribution in [0, 0.1) is 5.92 Å². The van der Waals surface area contributed by atoms with E-state index >= 15 is 0 Å². The number of hydrogen-bond acceptors (Lipinski definition) is 7. The summed E-state index contributed by atoms with van der Waals surface area (Å²) in [5.74, 6) is -0.186. The van der Waals surface area contributed by atoms with Gasteiger partial charge in [-0.15, -0.1) is 0 Å². The van der Waals surface area contributed by atoms with Crippen molar-refractivity contribution in [2.24, 2.45) is 5.92 Å². The molecule has 1 aromatic carbocycles. The van der Waals surface area contributed by atoms with Gasteiger partial charge in [0, 0.05) is 23.6 Å². The fourth-order valence-corrected chi connectivity index (χ4v) is 5.37. The predicted molar refractivity (Wildman–Crippen MR) is 131 cm³/mol. The molecule has 1 N–H and O–H groups in total. The Labute approximate surface area is 202 Å². The molecule has 3 aromatic rings. The summed E-state index contributed by atoms with van der Waals surface area (Å²) in [6.45, 7) is 3.87. The summed E-state index contributed by atoms with van der Waals surface area (Å²) in [4.78, 5) is 42.2. The number of esters is 1. The van der Waals surface area contributed by atoms with Crippen molar-refractivity contribution in [1.29, 1.82) is 0 Å². The van der Waals surface area contributed by atoms with E-state index in [1.807, 2.05) is 13.8 Å². The van der Waals surface area contributed by atoms with Crippen LogP contribution < -0.4 is 10.9 Å². The Morgan fingerprint density at radius 2 is 1.85 bits per heavy atom. The van der Waals surface area contributed by atoms with E-state index in [1.165, 1.54) is 41.2 Å². The standard InChI is InChI=1S/C25H30N4O4S/c1-3-16(4-2)22(31)26-19-12-10-18(11-13-19)24(32)33-15-20-14-21(30)29-25(27-20)34-23(28-29)17-8-6-5-7-9-17/h10-14,16-17H,3-9,15H2,1-2H3,(H,26,31). The number of nitrogens with zero attached hydrogens (tertiary/aromatic N) is 3. The summed E-state index contributed by atoms with van der Waals surface area (Å²) in [7, 11) is 0. The van der Waals surface area contributed by atoms with Crippen LogP contribution in [-0.2, 0) is 16.1 Å². The van der Waals surface area contributed by atoms with E-state index < -0.39 is 5.97 Å². The molecule has 180 valence electrons. The lowest BCUT2D eigenvalue weighted by atomic mass is 9.90. The van der Waals surface area contributed by atoms with Crippen molar-refractivity contribution in [2.75, 3.05) is 5.32 Å². The Kier molecular flexibility index (Phi) is 7.72. The number of amides is 1. The van der Waals surface area contributed by atoms with Gasteiger partial charge in [0.1, 0.15) is 11.6 Å². The van der Waals surface area contributed by atoms with Crippen LogP contribution in [0.15, 0.2) is 35.1 Å². The molecule has 1 amide bonds. The largest absolute Gasteiger partial charge is 0.456 e. The number of rotatable bonds is 8. The van der Waals surface area contributed by atoms with Gasteiger partial charge < -0.3 is 10.1 Å². The summed E-state index contributed by atoms with van der Waals surface area (Å²) in [6.07, 6.45) is 7.38. The Bertz CT molecular complexity index is 1210. The van der Waals surface area contributed by atoms with Crippen LogP contribution in [-0.4, -0.2) is 26.5 Å². The third-order valence-corrected chi connectivity index (χ3v) is 7.43. The van der Waals surface area contributed by atoms with Gasteiger partial charge in [0.25, 0.3) is 5.56 Å². The third-order valence-electron chi connectivity index (χ3n) is 6.36. The molecule has 8 nitrogen and oxygen atoms in total. The lowest BCUT2D eigenvalue weighted by molar-refractivity contribution is -0.120. The quantitative estimate of drug-likeness (QED) is 0.457. The fourth-order valence-electron chi connectivity index (χ4n) is 4.28. The van der Waals surface area contributed by atoms with Crippen LogP contribution in [0.4, 0.5) is 5.69 Å². The monoisotopic (exact) mass is 482 g/mol. The van der Waals surface area contributed by atoms with E-state index in [1.54, 1.807) is 24.3 Å². The summed E-state index contributed by atoms with van der Waals surface area (Å²) >= 11 is 1.44. The number of ether oxygens (including phenoxy) is 1. The van der Waals surface area contributed by atoms with Crippen LogP contribution in [0.2, 0.25) is 0 Å². The van der Waals surface area contributed by atoms with Crippen LogP contribution in [0.3, 0.4) is 0 Å². The summed E-state index contributed by atoms with van der Waals surface area (Å²) in [6, 6.07) is 7.93. The Hall–Kier alpha value is -3.07. The SMILES string of the molecule is CCC(CC)C(=O)Nc1ccc(C(=O)OCc2cc(=O)n3nc(C4CCCCC4)sc3n2)cc1. The Balaban J connectivity index is 1.39. The molecule has 1 fully saturated rings. The molecule has 0 spiro atoms. The number of fused-ring (bicyclic) bond motifs is 1. The van der Waals surface area contributed by atoms with Crippen molar-refractivity contribution < 1.29 is 14.3 Å². The zero-order valence-electron chi connectivity index (χ0n) is 19.6. The minimum Gasteiger partial charge on any atom is -0.456 e. The van der Waals surface area contributed by atoms with E-state index in [4.69, 9.17) is 4.74 Å². The molecule has 1 aliphatic rings. The highest BCUT2D eigenvalue weighted by Gasteiger charge is 2.21. The topological polar surface area (TPSA) is 103 Å². The first kappa shape index (κ1) is 24.1. The molecule has 0 aliphatic heterocycles. The van der Waals surface area contributed by atoms with E-state index in [0.29, 0.717) is 27.8 Å². The molecule has 4 rings (SSSR count). The van der Waals surface area contributed by atoms with E-state index in [2.05, 4.69) is 15.4 Å². The van der Waals surface area contributed by atoms with Gasteiger partial charge in [-0.2, -0.15) is 9.61 Å². The summed E-state index contributed by atoms with van der Waals surface area (Å²) in [5, 5.41) is 8.32. The molecule has 0 atom stereocenters. The highest BCUT2D eigenvalue weighted by atomic mass is 32.1. The second-order valence-electron chi connectivity index (χ2n) is 8.71. The average molecular weight is 483 g/mol. The first-order valence-electron chi connectivity index (χ1n) is 12.0. The van der Waals surface area contributed by atoms with E-state index in [9.17, 15) is 14.4 Å². The molecule has 2 aromatic heterocycles. The first-order valence-corrected chi connectivity index (χ1v) is 12.8. The van der Waals surface area contributed by atoms with Crippen molar-refractivity contribution in [1.82, 2.24) is 14.6 Å². The number of nitrogens with one attached hydrogen (secondary N) is 1. The minimum atomic E-state index is -0.521. The fraction of sp³-hybridized carbons (Fsp3) is 0.480. The number of benzene rings is 1. The number of anilines is 1.